The molecule has 0 N–H and O–H groups in total. The topological polar surface area (TPSA) is 3.24 Å². The number of nitrogens with zero attached hydrogens (tertiary/aromatic N) is 1. The van der Waals surface area contributed by atoms with E-state index in [4.69, 9.17) is 0 Å². The molecule has 2 aromatic rings. The SMILES string of the molecule is CC(C)(C)c1cccc(N(c2ccccc2)C(C)(C)C)c1. The number of para-hydroxylation sites is 1. The van der Waals surface area contributed by atoms with Crippen molar-refractivity contribution >= 4 is 11.4 Å². The maximum atomic E-state index is 2.40. The van der Waals surface area contributed by atoms with Gasteiger partial charge in [-0.05, 0) is 56.0 Å². The van der Waals surface area contributed by atoms with E-state index in [0.717, 1.165) is 0 Å². The molecular formula is C20H27N. The normalized spacial score (nSPS) is 12.3. The van der Waals surface area contributed by atoms with Gasteiger partial charge in [0, 0.05) is 16.9 Å². The van der Waals surface area contributed by atoms with Crippen LogP contribution in [-0.2, 0) is 5.41 Å². The number of rotatable bonds is 2. The predicted octanol–water partition coefficient (Wildman–Crippen LogP) is 5.92. The Morgan fingerprint density at radius 2 is 1.24 bits per heavy atom. The van der Waals surface area contributed by atoms with Crippen molar-refractivity contribution in [2.45, 2.75) is 52.5 Å². The molecule has 0 aliphatic heterocycles. The first-order valence-electron chi connectivity index (χ1n) is 7.65. The summed E-state index contributed by atoms with van der Waals surface area (Å²) in [6.45, 7) is 13.5. The second kappa shape index (κ2) is 5.55. The average molecular weight is 281 g/mol. The zero-order valence-electron chi connectivity index (χ0n) is 14.1. The minimum Gasteiger partial charge on any atom is -0.336 e. The monoisotopic (exact) mass is 281 g/mol. The first kappa shape index (κ1) is 15.6. The molecule has 0 aliphatic carbocycles. The highest BCUT2D eigenvalue weighted by Gasteiger charge is 2.24. The summed E-state index contributed by atoms with van der Waals surface area (Å²) in [6.07, 6.45) is 0. The van der Waals surface area contributed by atoms with Crippen molar-refractivity contribution in [2.24, 2.45) is 0 Å². The molecule has 0 bridgehead atoms. The molecule has 0 saturated heterocycles. The first-order valence-corrected chi connectivity index (χ1v) is 7.65. The van der Waals surface area contributed by atoms with Crippen LogP contribution in [0.15, 0.2) is 54.6 Å². The molecule has 0 radical (unpaired) electrons. The van der Waals surface area contributed by atoms with E-state index in [1.165, 1.54) is 16.9 Å². The molecule has 0 aliphatic rings. The summed E-state index contributed by atoms with van der Waals surface area (Å²) in [4.78, 5) is 2.40. The fraction of sp³-hybridized carbons (Fsp3) is 0.400. The summed E-state index contributed by atoms with van der Waals surface area (Å²) in [5.41, 5.74) is 4.04. The largest absolute Gasteiger partial charge is 0.336 e. The van der Waals surface area contributed by atoms with Gasteiger partial charge in [-0.15, -0.1) is 0 Å². The molecule has 0 saturated carbocycles. The lowest BCUT2D eigenvalue weighted by Crippen LogP contribution is -2.37. The van der Waals surface area contributed by atoms with Gasteiger partial charge in [-0.3, -0.25) is 0 Å². The van der Waals surface area contributed by atoms with Gasteiger partial charge >= 0.3 is 0 Å². The van der Waals surface area contributed by atoms with Crippen molar-refractivity contribution in [3.8, 4) is 0 Å². The first-order chi connectivity index (χ1) is 9.69. The Labute approximate surface area is 129 Å². The van der Waals surface area contributed by atoms with Crippen molar-refractivity contribution in [1.29, 1.82) is 0 Å². The third-order valence-electron chi connectivity index (χ3n) is 3.66. The van der Waals surface area contributed by atoms with Gasteiger partial charge in [-0.25, -0.2) is 0 Å². The Bertz CT molecular complexity index is 585. The molecule has 0 spiro atoms. The lowest BCUT2D eigenvalue weighted by molar-refractivity contribution is 0.557. The van der Waals surface area contributed by atoms with Gasteiger partial charge < -0.3 is 4.90 Å². The quantitative estimate of drug-likeness (QED) is 0.660. The third-order valence-corrected chi connectivity index (χ3v) is 3.66. The van der Waals surface area contributed by atoms with Crippen LogP contribution in [0, 0.1) is 0 Å². The molecule has 1 heteroatoms. The second-order valence-corrected chi connectivity index (χ2v) is 7.64. The van der Waals surface area contributed by atoms with Crippen LogP contribution < -0.4 is 4.90 Å². The lowest BCUT2D eigenvalue weighted by atomic mass is 9.86. The van der Waals surface area contributed by atoms with E-state index >= 15 is 0 Å². The standard InChI is InChI=1S/C20H27N/c1-19(2,3)16-11-10-14-18(15-16)21(20(4,5)6)17-12-8-7-9-13-17/h7-15H,1-6H3. The molecular weight excluding hydrogens is 254 g/mol. The summed E-state index contributed by atoms with van der Waals surface area (Å²) in [5.74, 6) is 0. The highest BCUT2D eigenvalue weighted by Crippen LogP contribution is 2.35. The zero-order valence-corrected chi connectivity index (χ0v) is 14.1. The Balaban J connectivity index is 2.53. The molecule has 1 nitrogen and oxygen atoms in total. The van der Waals surface area contributed by atoms with Gasteiger partial charge in [-0.2, -0.15) is 0 Å². The minimum absolute atomic E-state index is 0.0257. The Kier molecular flexibility index (Phi) is 4.13. The summed E-state index contributed by atoms with van der Waals surface area (Å²) in [7, 11) is 0. The van der Waals surface area contributed by atoms with Crippen LogP contribution in [0.3, 0.4) is 0 Å². The summed E-state index contributed by atoms with van der Waals surface area (Å²) in [5, 5.41) is 0. The lowest BCUT2D eigenvalue weighted by Gasteiger charge is -2.38. The highest BCUT2D eigenvalue weighted by atomic mass is 15.2. The summed E-state index contributed by atoms with van der Waals surface area (Å²) >= 11 is 0. The number of anilines is 2. The molecule has 0 unspecified atom stereocenters. The average Bonchev–Trinajstić information content (AvgIpc) is 2.38. The second-order valence-electron chi connectivity index (χ2n) is 7.64. The maximum Gasteiger partial charge on any atom is 0.0418 e. The van der Waals surface area contributed by atoms with E-state index in [9.17, 15) is 0 Å². The molecule has 0 heterocycles. The van der Waals surface area contributed by atoms with E-state index in [0.29, 0.717) is 0 Å². The van der Waals surface area contributed by atoms with E-state index in [-0.39, 0.29) is 11.0 Å². The Morgan fingerprint density at radius 1 is 0.667 bits per heavy atom. The van der Waals surface area contributed by atoms with Crippen LogP contribution in [0.25, 0.3) is 0 Å². The van der Waals surface area contributed by atoms with Crippen molar-refractivity contribution < 1.29 is 0 Å². The van der Waals surface area contributed by atoms with Gasteiger partial charge in [-0.1, -0.05) is 51.1 Å². The van der Waals surface area contributed by atoms with E-state index in [2.05, 4.69) is 101 Å². The molecule has 2 aromatic carbocycles. The van der Waals surface area contributed by atoms with Crippen LogP contribution in [0.2, 0.25) is 0 Å². The fourth-order valence-corrected chi connectivity index (χ4v) is 2.61. The van der Waals surface area contributed by atoms with Crippen LogP contribution >= 0.6 is 0 Å². The fourth-order valence-electron chi connectivity index (χ4n) is 2.61. The molecule has 0 amide bonds. The van der Waals surface area contributed by atoms with E-state index in [1.807, 2.05) is 0 Å². The molecule has 0 fully saturated rings. The van der Waals surface area contributed by atoms with E-state index in [1.54, 1.807) is 0 Å². The van der Waals surface area contributed by atoms with Crippen molar-refractivity contribution in [1.82, 2.24) is 0 Å². The Hall–Kier alpha value is -1.76. The number of hydrogen-bond acceptors (Lipinski definition) is 1. The van der Waals surface area contributed by atoms with Crippen molar-refractivity contribution in [3.05, 3.63) is 60.2 Å². The predicted molar refractivity (Wildman–Crippen MR) is 93.5 cm³/mol. The summed E-state index contributed by atoms with van der Waals surface area (Å²) in [6, 6.07) is 19.5. The maximum absolute atomic E-state index is 2.40. The molecule has 2 rings (SSSR count). The zero-order chi connectivity index (χ0) is 15.7. The third kappa shape index (κ3) is 3.66. The number of hydrogen-bond donors (Lipinski definition) is 0. The van der Waals surface area contributed by atoms with Crippen LogP contribution in [0.4, 0.5) is 11.4 Å². The molecule has 0 aromatic heterocycles. The minimum atomic E-state index is 0.0257. The smallest absolute Gasteiger partial charge is 0.0418 e. The van der Waals surface area contributed by atoms with Crippen molar-refractivity contribution in [2.75, 3.05) is 4.90 Å². The summed E-state index contributed by atoms with van der Waals surface area (Å²) < 4.78 is 0. The van der Waals surface area contributed by atoms with Gasteiger partial charge in [0.05, 0.1) is 0 Å². The molecule has 112 valence electrons. The van der Waals surface area contributed by atoms with Gasteiger partial charge in [0.25, 0.3) is 0 Å². The molecule has 0 atom stereocenters. The van der Waals surface area contributed by atoms with Crippen LogP contribution in [0.5, 0.6) is 0 Å². The highest BCUT2D eigenvalue weighted by molar-refractivity contribution is 5.66. The van der Waals surface area contributed by atoms with Gasteiger partial charge in [0.15, 0.2) is 0 Å². The Morgan fingerprint density at radius 3 is 1.76 bits per heavy atom. The van der Waals surface area contributed by atoms with Crippen LogP contribution in [0.1, 0.15) is 47.1 Å². The van der Waals surface area contributed by atoms with Crippen LogP contribution in [-0.4, -0.2) is 5.54 Å². The van der Waals surface area contributed by atoms with Gasteiger partial charge in [0.1, 0.15) is 0 Å². The van der Waals surface area contributed by atoms with Crippen molar-refractivity contribution in [3.63, 3.8) is 0 Å². The number of benzene rings is 2. The van der Waals surface area contributed by atoms with Gasteiger partial charge in [0.2, 0.25) is 0 Å². The van der Waals surface area contributed by atoms with E-state index < -0.39 is 0 Å². The molecule has 21 heavy (non-hydrogen) atoms.